The number of aliphatic hydroxyl groups is 1. The van der Waals surface area contributed by atoms with Crippen LogP contribution in [0.2, 0.25) is 0 Å². The molecule has 5 heteroatoms. The number of benzene rings is 1. The third-order valence-electron chi connectivity index (χ3n) is 4.76. The van der Waals surface area contributed by atoms with Gasteiger partial charge in [-0.2, -0.15) is 5.10 Å². The Balaban J connectivity index is 1.50. The summed E-state index contributed by atoms with van der Waals surface area (Å²) in [6.45, 7) is 8.08. The van der Waals surface area contributed by atoms with Gasteiger partial charge in [-0.05, 0) is 49.7 Å². The third kappa shape index (κ3) is 4.71. The van der Waals surface area contributed by atoms with Crippen LogP contribution < -0.4 is 4.74 Å². The fraction of sp³-hybridized carbons (Fsp3) is 0.450. The first kappa shape index (κ1) is 17.7. The van der Waals surface area contributed by atoms with Crippen molar-refractivity contribution in [3.8, 4) is 5.75 Å². The summed E-state index contributed by atoms with van der Waals surface area (Å²) in [5.74, 6) is 1.43. The van der Waals surface area contributed by atoms with Gasteiger partial charge >= 0.3 is 0 Å². The van der Waals surface area contributed by atoms with Gasteiger partial charge in [-0.15, -0.1) is 0 Å². The van der Waals surface area contributed by atoms with Crippen LogP contribution in [0.4, 0.5) is 0 Å². The van der Waals surface area contributed by atoms with E-state index in [0.29, 0.717) is 19.1 Å². The van der Waals surface area contributed by atoms with E-state index < -0.39 is 0 Å². The lowest BCUT2D eigenvalue weighted by molar-refractivity contribution is 0.199. The summed E-state index contributed by atoms with van der Waals surface area (Å²) in [5, 5.41) is 13.5. The molecule has 0 spiro atoms. The Morgan fingerprint density at radius 1 is 1.20 bits per heavy atom. The first-order chi connectivity index (χ1) is 12.3. The highest BCUT2D eigenvalue weighted by Gasteiger charge is 2.23. The molecule has 0 bridgehead atoms. The number of rotatable bonds is 8. The second-order valence-corrected chi connectivity index (χ2v) is 6.50. The van der Waals surface area contributed by atoms with Gasteiger partial charge < -0.3 is 9.84 Å². The van der Waals surface area contributed by atoms with Gasteiger partial charge in [0.05, 0.1) is 13.2 Å². The molecular weight excluding hydrogens is 314 g/mol. The molecule has 1 aromatic carbocycles. The van der Waals surface area contributed by atoms with Crippen molar-refractivity contribution in [2.24, 2.45) is 0 Å². The van der Waals surface area contributed by atoms with Gasteiger partial charge in [0.15, 0.2) is 0 Å². The Kier molecular flexibility index (Phi) is 6.25. The molecule has 2 heterocycles. The van der Waals surface area contributed by atoms with Crippen LogP contribution >= 0.6 is 0 Å². The summed E-state index contributed by atoms with van der Waals surface area (Å²) in [6, 6.07) is 10.4. The van der Waals surface area contributed by atoms with Crippen LogP contribution in [0.25, 0.3) is 0 Å². The van der Waals surface area contributed by atoms with E-state index in [1.807, 2.05) is 23.0 Å². The van der Waals surface area contributed by atoms with Gasteiger partial charge in [0.2, 0.25) is 0 Å². The predicted octanol–water partition coefficient (Wildman–Crippen LogP) is 2.82. The van der Waals surface area contributed by atoms with Crippen molar-refractivity contribution in [2.45, 2.75) is 31.8 Å². The molecule has 0 radical (unpaired) electrons. The molecule has 1 N–H and O–H groups in total. The van der Waals surface area contributed by atoms with Gasteiger partial charge in [0.1, 0.15) is 12.4 Å². The Hall–Kier alpha value is -2.11. The van der Waals surface area contributed by atoms with Crippen LogP contribution in [0.15, 0.2) is 49.2 Å². The Morgan fingerprint density at radius 3 is 2.64 bits per heavy atom. The Bertz CT molecular complexity index is 658. The molecule has 2 aromatic rings. The number of hydrogen-bond acceptors (Lipinski definition) is 4. The average molecular weight is 341 g/mol. The Labute approximate surface area is 149 Å². The number of aliphatic hydroxyl groups excluding tert-OH is 1. The second kappa shape index (κ2) is 8.83. The van der Waals surface area contributed by atoms with Crippen LogP contribution in [-0.4, -0.2) is 46.1 Å². The highest BCUT2D eigenvalue weighted by Crippen LogP contribution is 2.28. The zero-order valence-corrected chi connectivity index (χ0v) is 14.7. The molecule has 3 rings (SSSR count). The SMILES string of the molecule is C=CCOc1ccc(CN2CCC(c3ccnn3CCO)CC2)cc1. The third-order valence-corrected chi connectivity index (χ3v) is 4.76. The molecule has 0 aliphatic carbocycles. The van der Waals surface area contributed by atoms with Gasteiger partial charge in [-0.1, -0.05) is 24.8 Å². The standard InChI is InChI=1S/C20H27N3O2/c1-2-15-25-19-5-3-17(4-6-19)16-22-11-8-18(9-12-22)20-7-10-21-23(20)13-14-24/h2-7,10,18,24H,1,8-9,11-16H2. The minimum absolute atomic E-state index is 0.139. The summed E-state index contributed by atoms with van der Waals surface area (Å²) >= 11 is 0. The predicted molar refractivity (Wildman–Crippen MR) is 98.7 cm³/mol. The summed E-state index contributed by atoms with van der Waals surface area (Å²) < 4.78 is 7.48. The zero-order chi connectivity index (χ0) is 17.5. The van der Waals surface area contributed by atoms with Crippen molar-refractivity contribution < 1.29 is 9.84 Å². The molecule has 0 saturated carbocycles. The smallest absolute Gasteiger partial charge is 0.119 e. The van der Waals surface area contributed by atoms with E-state index in [1.165, 1.54) is 11.3 Å². The van der Waals surface area contributed by atoms with Gasteiger partial charge in [-0.25, -0.2) is 0 Å². The van der Waals surface area contributed by atoms with Crippen LogP contribution in [-0.2, 0) is 13.1 Å². The van der Waals surface area contributed by atoms with Gasteiger partial charge in [-0.3, -0.25) is 9.58 Å². The molecule has 1 saturated heterocycles. The Morgan fingerprint density at radius 2 is 1.96 bits per heavy atom. The number of ether oxygens (including phenoxy) is 1. The van der Waals surface area contributed by atoms with Crippen molar-refractivity contribution in [3.05, 3.63) is 60.4 Å². The lowest BCUT2D eigenvalue weighted by atomic mass is 9.93. The quantitative estimate of drug-likeness (QED) is 0.750. The largest absolute Gasteiger partial charge is 0.490 e. The van der Waals surface area contributed by atoms with E-state index in [1.54, 1.807) is 6.08 Å². The highest BCUT2D eigenvalue weighted by atomic mass is 16.5. The van der Waals surface area contributed by atoms with Crippen molar-refractivity contribution in [3.63, 3.8) is 0 Å². The molecule has 0 atom stereocenters. The fourth-order valence-electron chi connectivity index (χ4n) is 3.46. The zero-order valence-electron chi connectivity index (χ0n) is 14.7. The number of aromatic nitrogens is 2. The minimum atomic E-state index is 0.139. The normalized spacial score (nSPS) is 16.0. The molecule has 134 valence electrons. The molecule has 5 nitrogen and oxygen atoms in total. The molecule has 0 amide bonds. The van der Waals surface area contributed by atoms with E-state index in [-0.39, 0.29) is 6.61 Å². The fourth-order valence-corrected chi connectivity index (χ4v) is 3.46. The molecule has 25 heavy (non-hydrogen) atoms. The lowest BCUT2D eigenvalue weighted by Crippen LogP contribution is -2.33. The maximum atomic E-state index is 9.15. The highest BCUT2D eigenvalue weighted by molar-refractivity contribution is 5.27. The summed E-state index contributed by atoms with van der Waals surface area (Å²) in [7, 11) is 0. The number of nitrogens with zero attached hydrogens (tertiary/aromatic N) is 3. The topological polar surface area (TPSA) is 50.5 Å². The van der Waals surface area contributed by atoms with Crippen LogP contribution in [0.5, 0.6) is 5.75 Å². The van der Waals surface area contributed by atoms with Crippen molar-refractivity contribution in [1.29, 1.82) is 0 Å². The molecule has 1 fully saturated rings. The van der Waals surface area contributed by atoms with Gasteiger partial charge in [0.25, 0.3) is 0 Å². The van der Waals surface area contributed by atoms with E-state index in [2.05, 4.69) is 34.8 Å². The van der Waals surface area contributed by atoms with Crippen molar-refractivity contribution >= 4 is 0 Å². The summed E-state index contributed by atoms with van der Waals surface area (Å²) in [5.41, 5.74) is 2.58. The van der Waals surface area contributed by atoms with E-state index in [4.69, 9.17) is 9.84 Å². The van der Waals surface area contributed by atoms with Crippen molar-refractivity contribution in [2.75, 3.05) is 26.3 Å². The van der Waals surface area contributed by atoms with E-state index in [0.717, 1.165) is 38.2 Å². The average Bonchev–Trinajstić information content (AvgIpc) is 3.10. The molecule has 1 aromatic heterocycles. The van der Waals surface area contributed by atoms with Crippen LogP contribution in [0.1, 0.15) is 30.0 Å². The molecule has 1 aliphatic rings. The lowest BCUT2D eigenvalue weighted by Gasteiger charge is -2.32. The molecular formula is C20H27N3O2. The first-order valence-corrected chi connectivity index (χ1v) is 8.97. The van der Waals surface area contributed by atoms with Crippen LogP contribution in [0, 0.1) is 0 Å². The van der Waals surface area contributed by atoms with Crippen molar-refractivity contribution in [1.82, 2.24) is 14.7 Å². The number of piperidine rings is 1. The molecule has 1 aliphatic heterocycles. The summed E-state index contributed by atoms with van der Waals surface area (Å²) in [6.07, 6.45) is 5.87. The maximum absolute atomic E-state index is 9.15. The first-order valence-electron chi connectivity index (χ1n) is 8.97. The van der Waals surface area contributed by atoms with Gasteiger partial charge in [0, 0.05) is 24.4 Å². The monoisotopic (exact) mass is 341 g/mol. The number of likely N-dealkylation sites (tertiary alicyclic amines) is 1. The van der Waals surface area contributed by atoms with E-state index >= 15 is 0 Å². The number of hydrogen-bond donors (Lipinski definition) is 1. The molecule has 0 unspecified atom stereocenters. The van der Waals surface area contributed by atoms with E-state index in [9.17, 15) is 0 Å². The second-order valence-electron chi connectivity index (χ2n) is 6.50. The minimum Gasteiger partial charge on any atom is -0.490 e. The van der Waals surface area contributed by atoms with Crippen LogP contribution in [0.3, 0.4) is 0 Å². The maximum Gasteiger partial charge on any atom is 0.119 e. The summed E-state index contributed by atoms with van der Waals surface area (Å²) in [4.78, 5) is 2.50.